The molecule has 18 rings (SSSR count). The largest absolute Gasteiger partial charge is 0.443 e. The molecule has 3 aliphatic rings. The van der Waals surface area contributed by atoms with Gasteiger partial charge in [0.1, 0.15) is 64.7 Å². The lowest BCUT2D eigenvalue weighted by Gasteiger charge is -2.10. The second-order valence-electron chi connectivity index (χ2n) is 26.0. The molecule has 0 bridgehead atoms. The molecule has 0 saturated heterocycles. The first-order valence-electron chi connectivity index (χ1n) is 34.4. The number of nitrogens with zero attached hydrogens (tertiary/aromatic N) is 14. The van der Waals surface area contributed by atoms with Gasteiger partial charge in [-0.1, -0.05) is 148 Å². The Morgan fingerprint density at radius 3 is 1.37 bits per heavy atom. The number of aromatic nitrogens is 15. The Morgan fingerprint density at radius 2 is 0.902 bits per heavy atom. The van der Waals surface area contributed by atoms with Gasteiger partial charge in [-0.15, -0.1) is 11.3 Å². The lowest BCUT2D eigenvalue weighted by molar-refractivity contribution is 0.0940. The zero-order chi connectivity index (χ0) is 69.2. The molecule has 10 N–H and O–H groups in total. The molecule has 3 amide bonds. The Kier molecular flexibility index (Phi) is 17.7. The summed E-state index contributed by atoms with van der Waals surface area (Å²) in [6.45, 7) is 1.22. The Hall–Kier alpha value is -12.3. The van der Waals surface area contributed by atoms with Crippen molar-refractivity contribution < 1.29 is 18.8 Å². The molecule has 3 fully saturated rings. The number of nitrogens with two attached hydrogens (primary N) is 3. The summed E-state index contributed by atoms with van der Waals surface area (Å²) in [5.74, 6) is 0.804. The number of nitrogen functional groups attached to an aromatic ring is 3. The monoisotopic (exact) mass is 1370 g/mol. The van der Waals surface area contributed by atoms with Crippen LogP contribution >= 0.6 is 11.3 Å². The van der Waals surface area contributed by atoms with Crippen molar-refractivity contribution in [2.75, 3.05) is 17.2 Å². The maximum absolute atomic E-state index is 12.7. The van der Waals surface area contributed by atoms with Crippen LogP contribution in [0.25, 0.3) is 99.1 Å². The number of anilines is 3. The van der Waals surface area contributed by atoms with Crippen molar-refractivity contribution in [1.29, 1.82) is 0 Å². The maximum atomic E-state index is 12.7. The first-order chi connectivity index (χ1) is 50.0. The molecule has 3 aliphatic carbocycles. The third kappa shape index (κ3) is 12.9. The van der Waals surface area contributed by atoms with Gasteiger partial charge in [-0.25, -0.2) is 53.9 Å². The quantitative estimate of drug-likeness (QED) is 0.0501. The molecule has 510 valence electrons. The van der Waals surface area contributed by atoms with Gasteiger partial charge in [0.05, 0.1) is 50.1 Å². The summed E-state index contributed by atoms with van der Waals surface area (Å²) in [4.78, 5) is 75.7. The predicted octanol–water partition coefficient (Wildman–Crippen LogP) is 13.6. The number of hydrogen-bond donors (Lipinski definition) is 7. The second-order valence-corrected chi connectivity index (χ2v) is 27.0. The maximum Gasteiger partial charge on any atom is 0.280 e. The molecule has 25 nitrogen and oxygen atoms in total. The number of amides is 3. The lowest BCUT2D eigenvalue weighted by Crippen LogP contribution is -2.23. The van der Waals surface area contributed by atoms with Crippen molar-refractivity contribution in [3.05, 3.63) is 204 Å². The first-order valence-corrected chi connectivity index (χ1v) is 35.2. The second kappa shape index (κ2) is 28.1. The van der Waals surface area contributed by atoms with E-state index in [0.717, 1.165) is 143 Å². The molecule has 9 aromatic heterocycles. The van der Waals surface area contributed by atoms with Gasteiger partial charge in [0.25, 0.3) is 17.7 Å². The van der Waals surface area contributed by atoms with Gasteiger partial charge in [-0.3, -0.25) is 14.4 Å². The highest BCUT2D eigenvalue weighted by atomic mass is 32.1. The molecule has 0 atom stereocenters. The van der Waals surface area contributed by atoms with Gasteiger partial charge in [0.15, 0.2) is 33.9 Å². The van der Waals surface area contributed by atoms with Gasteiger partial charge < -0.3 is 42.6 Å². The number of para-hydroxylation sites is 3. The predicted molar refractivity (Wildman–Crippen MR) is 393 cm³/mol. The average Bonchev–Trinajstić information content (AvgIpc) is 1.62. The number of aromatic amines is 1. The molecule has 102 heavy (non-hydrogen) atoms. The zero-order valence-electron chi connectivity index (χ0n) is 55.5. The summed E-state index contributed by atoms with van der Waals surface area (Å²) in [6.07, 6.45) is 19.7. The summed E-state index contributed by atoms with van der Waals surface area (Å²) in [5.41, 5.74) is 33.2. The first kappa shape index (κ1) is 64.4. The summed E-state index contributed by atoms with van der Waals surface area (Å²) in [5, 5.41) is 27.5. The van der Waals surface area contributed by atoms with Crippen LogP contribution in [0.15, 0.2) is 175 Å². The van der Waals surface area contributed by atoms with E-state index < -0.39 is 0 Å². The number of benzene rings is 6. The molecule has 0 radical (unpaired) electrons. The molecule has 9 heterocycles. The molecule has 3 saturated carbocycles. The van der Waals surface area contributed by atoms with E-state index in [4.69, 9.17) is 36.9 Å². The van der Waals surface area contributed by atoms with Gasteiger partial charge in [-0.2, -0.15) is 15.3 Å². The molecule has 6 aromatic carbocycles. The fourth-order valence-corrected chi connectivity index (χ4v) is 15.1. The minimum absolute atomic E-state index is 0.133. The average molecular weight is 1370 g/mol. The number of carbonyl (C=O) groups is 3. The highest BCUT2D eigenvalue weighted by Gasteiger charge is 2.29. The molecular weight excluding hydrogens is 1300 g/mol. The van der Waals surface area contributed by atoms with Crippen molar-refractivity contribution >= 4 is 112 Å². The Balaban J connectivity index is 0.000000118. The smallest absolute Gasteiger partial charge is 0.280 e. The lowest BCUT2D eigenvalue weighted by atomic mass is 10.1. The van der Waals surface area contributed by atoms with Gasteiger partial charge in [-0.05, 0) is 91.6 Å². The summed E-state index contributed by atoms with van der Waals surface area (Å²) < 4.78 is 12.5. The van der Waals surface area contributed by atoms with E-state index in [0.29, 0.717) is 82.6 Å². The standard InChI is InChI=1S/C26H25N7O.C25H23N7O2.C25H23N7OS/c27-24-22-23(32-33(19-6-2-3-7-19)25(22)30-15-29-24)17-11-9-16(10-12-17)14-28-26(34)21-13-18-5-1-4-8-20(18)31-21;26-23-20-21(31-32(17-4-1-2-5-17)24(20)29-13-28-23)16-10-8-15(9-11-16)12-27-25(33)18-6-3-7-19-22(18)34-14-30-19;26-22-20-21(31-32(17-5-1-2-6-17)23(20)29-14-28-22)16-11-9-15(10-12-16)13-27-24(33)25-30-18-7-3-4-8-19(18)34-25/h1,4-5,8-13,15,19,31H,2-3,6-7,14H2,(H,28,34)(H2,27,29,30);3,6-11,13-14,17H,1-2,4-5,12H2,(H,27,33)(H2,26,28,29);3-4,7-12,14,17H,1-2,5-6,13H2,(H,27,33)(H2,26,28,29). The van der Waals surface area contributed by atoms with E-state index >= 15 is 0 Å². The molecule has 0 unspecified atom stereocenters. The van der Waals surface area contributed by atoms with Crippen molar-refractivity contribution in [2.45, 2.75) is 115 Å². The number of thiazole rings is 1. The van der Waals surface area contributed by atoms with Crippen molar-refractivity contribution in [2.24, 2.45) is 0 Å². The molecule has 15 aromatic rings. The van der Waals surface area contributed by atoms with Gasteiger partial charge in [0, 0.05) is 47.2 Å². The molecule has 0 aliphatic heterocycles. The SMILES string of the molecule is Nc1ncnc2c1c(-c1ccc(CNC(=O)c3cc4ccccc4[nH]3)cc1)nn2C1CCCC1.Nc1ncnc2c1c(-c1ccc(CNC(=O)c3cccc4ncoc34)cc1)nn2C1CCCC1.Nc1ncnc2c1c(-c1ccc(CNC(=O)c3nc4ccccc4s3)cc1)nn2C1CCCC1. The van der Waals surface area contributed by atoms with E-state index in [1.54, 1.807) is 12.1 Å². The van der Waals surface area contributed by atoms with Crippen LogP contribution in [-0.2, 0) is 19.6 Å². The number of oxazole rings is 1. The van der Waals surface area contributed by atoms with E-state index in [-0.39, 0.29) is 17.7 Å². The van der Waals surface area contributed by atoms with Crippen molar-refractivity contribution in [3.8, 4) is 33.8 Å². The Labute approximate surface area is 587 Å². The van der Waals surface area contributed by atoms with Gasteiger partial charge in [0.2, 0.25) is 0 Å². The highest BCUT2D eigenvalue weighted by Crippen LogP contribution is 2.40. The van der Waals surface area contributed by atoms with E-state index in [2.05, 4.69) is 60.8 Å². The van der Waals surface area contributed by atoms with Crippen LogP contribution in [0.3, 0.4) is 0 Å². The van der Waals surface area contributed by atoms with Crippen LogP contribution in [0, 0.1) is 0 Å². The third-order valence-electron chi connectivity index (χ3n) is 19.5. The molecular formula is C76H71N21O4S. The molecule has 0 spiro atoms. The van der Waals surface area contributed by atoms with Crippen molar-refractivity contribution in [1.82, 2.24) is 90.1 Å². The molecule has 26 heteroatoms. The van der Waals surface area contributed by atoms with Crippen LogP contribution < -0.4 is 33.2 Å². The fourth-order valence-electron chi connectivity index (χ4n) is 14.2. The van der Waals surface area contributed by atoms with E-state index in [1.165, 1.54) is 75.2 Å². The number of hydrogen-bond acceptors (Lipinski definition) is 19. The topological polar surface area (TPSA) is 351 Å². The summed E-state index contributed by atoms with van der Waals surface area (Å²) in [7, 11) is 0. The van der Waals surface area contributed by atoms with E-state index in [1.807, 2.05) is 148 Å². The zero-order valence-corrected chi connectivity index (χ0v) is 56.4. The summed E-state index contributed by atoms with van der Waals surface area (Å²) >= 11 is 1.40. The summed E-state index contributed by atoms with van der Waals surface area (Å²) in [6, 6.07) is 47.8. The van der Waals surface area contributed by atoms with E-state index in [9.17, 15) is 14.4 Å². The third-order valence-corrected chi connectivity index (χ3v) is 20.5. The van der Waals surface area contributed by atoms with Crippen molar-refractivity contribution in [3.63, 3.8) is 0 Å². The Bertz CT molecular complexity index is 5290. The number of fused-ring (bicyclic) bond motifs is 6. The number of carbonyl (C=O) groups excluding carboxylic acids is 3. The number of H-pyrrole nitrogens is 1. The Morgan fingerprint density at radius 1 is 0.471 bits per heavy atom. The fraction of sp³-hybridized carbons (Fsp3) is 0.237. The number of nitrogens with one attached hydrogen (secondary N) is 4. The van der Waals surface area contributed by atoms with Crippen LogP contribution in [0.5, 0.6) is 0 Å². The number of rotatable bonds is 15. The van der Waals surface area contributed by atoms with Gasteiger partial charge >= 0.3 is 0 Å². The normalized spacial score (nSPS) is 14.2. The van der Waals surface area contributed by atoms with Crippen LogP contribution in [0.4, 0.5) is 17.5 Å². The van der Waals surface area contributed by atoms with Crippen LogP contribution in [0.1, 0.15) is 143 Å². The highest BCUT2D eigenvalue weighted by molar-refractivity contribution is 7.20. The minimum atomic E-state index is -0.211. The van der Waals surface area contributed by atoms with Crippen LogP contribution in [-0.4, -0.2) is 91.9 Å². The van der Waals surface area contributed by atoms with Crippen LogP contribution in [0.2, 0.25) is 0 Å². The minimum Gasteiger partial charge on any atom is -0.443 e.